The normalized spacial score (nSPS) is 28.4. The van der Waals surface area contributed by atoms with Gasteiger partial charge in [0.15, 0.2) is 0 Å². The molecule has 3 aliphatic heterocycles. The number of nitrogens with zero attached hydrogens (tertiary/aromatic N) is 3. The van der Waals surface area contributed by atoms with Crippen molar-refractivity contribution in [3.05, 3.63) is 47.8 Å². The quantitative estimate of drug-likeness (QED) is 0.749. The van der Waals surface area contributed by atoms with Crippen LogP contribution in [-0.2, 0) is 7.05 Å². The molecule has 0 radical (unpaired) electrons. The summed E-state index contributed by atoms with van der Waals surface area (Å²) in [7, 11) is 2.13. The van der Waals surface area contributed by atoms with Crippen LogP contribution in [0.25, 0.3) is 0 Å². The Bertz CT molecular complexity index is 889. The number of nitrogens with one attached hydrogen (secondary N) is 2. The van der Waals surface area contributed by atoms with E-state index in [1.807, 2.05) is 30.3 Å². The number of hydrogen-bond acceptors (Lipinski definition) is 3. The summed E-state index contributed by atoms with van der Waals surface area (Å²) in [4.78, 5) is 14.9. The second kappa shape index (κ2) is 9.03. The van der Waals surface area contributed by atoms with Crippen LogP contribution in [0.5, 0.6) is 0 Å². The summed E-state index contributed by atoms with van der Waals surface area (Å²) >= 11 is 0. The Hall–Kier alpha value is -2.34. The van der Waals surface area contributed by atoms with Crippen LogP contribution in [0.3, 0.4) is 0 Å². The van der Waals surface area contributed by atoms with Gasteiger partial charge >= 0.3 is 6.03 Å². The second-order valence-corrected chi connectivity index (χ2v) is 9.69. The van der Waals surface area contributed by atoms with E-state index in [0.717, 1.165) is 25.2 Å². The number of aryl methyl sites for hydroxylation is 1. The van der Waals surface area contributed by atoms with Gasteiger partial charge in [0.25, 0.3) is 0 Å². The van der Waals surface area contributed by atoms with Crippen LogP contribution in [0.4, 0.5) is 10.5 Å². The van der Waals surface area contributed by atoms with Gasteiger partial charge in [0.2, 0.25) is 0 Å². The molecule has 1 saturated carbocycles. The lowest BCUT2D eigenvalue weighted by Crippen LogP contribution is -2.56. The van der Waals surface area contributed by atoms with Gasteiger partial charge in [0, 0.05) is 49.4 Å². The smallest absolute Gasteiger partial charge is 0.319 e. The van der Waals surface area contributed by atoms with E-state index in [-0.39, 0.29) is 6.03 Å². The van der Waals surface area contributed by atoms with Crippen molar-refractivity contribution in [2.45, 2.75) is 62.8 Å². The third-order valence-corrected chi connectivity index (χ3v) is 7.75. The first kappa shape index (κ1) is 20.6. The fourth-order valence-corrected chi connectivity index (χ4v) is 6.04. The molecule has 2 amide bonds. The van der Waals surface area contributed by atoms with Crippen molar-refractivity contribution in [1.29, 1.82) is 0 Å². The SMILES string of the molecule is Cn1nc(C2CCCCC2)cc1[C@H]1CN2CC[C@H]1C[C@@H]2CNC(=O)Nc1ccccc1. The van der Waals surface area contributed by atoms with Crippen molar-refractivity contribution in [1.82, 2.24) is 20.0 Å². The monoisotopic (exact) mass is 421 g/mol. The topological polar surface area (TPSA) is 62.2 Å². The molecule has 1 aliphatic carbocycles. The highest BCUT2D eigenvalue weighted by Gasteiger charge is 2.42. The maximum absolute atomic E-state index is 12.3. The van der Waals surface area contributed by atoms with Crippen LogP contribution in [0, 0.1) is 5.92 Å². The number of benzene rings is 1. The lowest BCUT2D eigenvalue weighted by Gasteiger charge is -2.49. The first-order valence-electron chi connectivity index (χ1n) is 12.0. The molecule has 2 aromatic rings. The Morgan fingerprint density at radius 2 is 1.94 bits per heavy atom. The van der Waals surface area contributed by atoms with E-state index in [0.29, 0.717) is 30.3 Å². The minimum Gasteiger partial charge on any atom is -0.336 e. The van der Waals surface area contributed by atoms with Crippen molar-refractivity contribution in [3.63, 3.8) is 0 Å². The van der Waals surface area contributed by atoms with Gasteiger partial charge in [-0.15, -0.1) is 0 Å². The summed E-state index contributed by atoms with van der Waals surface area (Å²) in [5, 5.41) is 11.0. The highest BCUT2D eigenvalue weighted by molar-refractivity contribution is 5.89. The van der Waals surface area contributed by atoms with Crippen LogP contribution in [0.1, 0.15) is 68.2 Å². The van der Waals surface area contributed by atoms with Gasteiger partial charge in [-0.25, -0.2) is 4.79 Å². The number of urea groups is 1. The number of rotatable bonds is 5. The number of carbonyl (C=O) groups excluding carboxylic acids is 1. The molecule has 4 heterocycles. The van der Waals surface area contributed by atoms with Gasteiger partial charge < -0.3 is 10.6 Å². The van der Waals surface area contributed by atoms with Crippen LogP contribution in [0.2, 0.25) is 0 Å². The number of amides is 2. The zero-order chi connectivity index (χ0) is 21.2. The molecule has 3 saturated heterocycles. The summed E-state index contributed by atoms with van der Waals surface area (Å²) in [6.07, 6.45) is 9.09. The van der Waals surface area contributed by atoms with Gasteiger partial charge in [0.05, 0.1) is 5.69 Å². The Labute approximate surface area is 185 Å². The Balaban J connectivity index is 1.18. The molecule has 6 rings (SSSR count). The van der Waals surface area contributed by atoms with Crippen molar-refractivity contribution in [3.8, 4) is 0 Å². The van der Waals surface area contributed by atoms with Gasteiger partial charge in [-0.2, -0.15) is 5.10 Å². The molecular formula is C25H35N5O. The number of fused-ring (bicyclic) bond motifs is 3. The van der Waals surface area contributed by atoms with Crippen LogP contribution in [-0.4, -0.2) is 46.4 Å². The molecule has 31 heavy (non-hydrogen) atoms. The Kier molecular flexibility index (Phi) is 5.99. The predicted octanol–water partition coefficient (Wildman–Crippen LogP) is 4.47. The van der Waals surface area contributed by atoms with Gasteiger partial charge in [-0.3, -0.25) is 9.58 Å². The minimum atomic E-state index is -0.117. The fraction of sp³-hybridized carbons (Fsp3) is 0.600. The number of piperidine rings is 3. The molecule has 2 bridgehead atoms. The average Bonchev–Trinajstić information content (AvgIpc) is 3.21. The molecule has 4 aliphatic rings. The summed E-state index contributed by atoms with van der Waals surface area (Å²) < 4.78 is 2.16. The first-order chi connectivity index (χ1) is 15.2. The summed E-state index contributed by atoms with van der Waals surface area (Å²) in [5.41, 5.74) is 3.57. The number of hydrogen-bond donors (Lipinski definition) is 2. The molecule has 6 nitrogen and oxygen atoms in total. The molecule has 1 unspecified atom stereocenters. The van der Waals surface area contributed by atoms with Crippen molar-refractivity contribution >= 4 is 11.7 Å². The average molecular weight is 422 g/mol. The third kappa shape index (κ3) is 4.49. The van der Waals surface area contributed by atoms with E-state index < -0.39 is 0 Å². The summed E-state index contributed by atoms with van der Waals surface area (Å²) in [5.74, 6) is 1.91. The molecule has 166 valence electrons. The van der Waals surface area contributed by atoms with E-state index in [2.05, 4.69) is 33.3 Å². The standard InChI is InChI=1S/C25H35N5O/c1-29-24(15-23(28-29)18-8-4-2-5-9-18)22-17-30-13-12-19(22)14-21(30)16-26-25(31)27-20-10-6-3-7-11-20/h3,6-7,10-11,15,18-19,21-22H,2,4-5,8-9,12-14,16-17H2,1H3,(H2,26,27,31)/t19-,21+,22-/m0/s1. The van der Waals surface area contributed by atoms with Gasteiger partial charge in [-0.1, -0.05) is 37.5 Å². The van der Waals surface area contributed by atoms with Crippen molar-refractivity contribution in [2.75, 3.05) is 25.0 Å². The first-order valence-corrected chi connectivity index (χ1v) is 12.0. The lowest BCUT2D eigenvalue weighted by atomic mass is 9.74. The Morgan fingerprint density at radius 3 is 2.68 bits per heavy atom. The van der Waals surface area contributed by atoms with Crippen molar-refractivity contribution in [2.24, 2.45) is 13.0 Å². The number of anilines is 1. The van der Waals surface area contributed by atoms with E-state index in [9.17, 15) is 4.79 Å². The van der Waals surface area contributed by atoms with E-state index in [1.165, 1.54) is 49.9 Å². The van der Waals surface area contributed by atoms with Crippen LogP contribution < -0.4 is 10.6 Å². The van der Waals surface area contributed by atoms with E-state index >= 15 is 0 Å². The van der Waals surface area contributed by atoms with E-state index in [1.54, 1.807) is 0 Å². The predicted molar refractivity (Wildman–Crippen MR) is 123 cm³/mol. The third-order valence-electron chi connectivity index (χ3n) is 7.75. The number of para-hydroxylation sites is 1. The highest BCUT2D eigenvalue weighted by atomic mass is 16.2. The molecule has 4 atom stereocenters. The molecule has 2 N–H and O–H groups in total. The molecule has 1 aromatic carbocycles. The highest BCUT2D eigenvalue weighted by Crippen LogP contribution is 2.42. The lowest BCUT2D eigenvalue weighted by molar-refractivity contribution is 0.0296. The summed E-state index contributed by atoms with van der Waals surface area (Å²) in [6.45, 7) is 2.93. The molecular weight excluding hydrogens is 386 g/mol. The maximum Gasteiger partial charge on any atom is 0.319 e. The minimum absolute atomic E-state index is 0.117. The van der Waals surface area contributed by atoms with Gasteiger partial charge in [0.1, 0.15) is 0 Å². The zero-order valence-corrected chi connectivity index (χ0v) is 18.6. The Morgan fingerprint density at radius 1 is 1.13 bits per heavy atom. The zero-order valence-electron chi connectivity index (χ0n) is 18.6. The second-order valence-electron chi connectivity index (χ2n) is 9.69. The van der Waals surface area contributed by atoms with E-state index in [4.69, 9.17) is 5.10 Å². The van der Waals surface area contributed by atoms with Gasteiger partial charge in [-0.05, 0) is 56.3 Å². The summed E-state index contributed by atoms with van der Waals surface area (Å²) in [6, 6.07) is 12.4. The van der Waals surface area contributed by atoms with Crippen LogP contribution >= 0.6 is 0 Å². The maximum atomic E-state index is 12.3. The molecule has 1 aromatic heterocycles. The van der Waals surface area contributed by atoms with Crippen molar-refractivity contribution < 1.29 is 4.79 Å². The number of carbonyl (C=O) groups is 1. The fourth-order valence-electron chi connectivity index (χ4n) is 6.04. The molecule has 4 fully saturated rings. The van der Waals surface area contributed by atoms with Crippen LogP contribution in [0.15, 0.2) is 36.4 Å². The molecule has 0 spiro atoms. The molecule has 6 heteroatoms. The number of aromatic nitrogens is 2. The largest absolute Gasteiger partial charge is 0.336 e.